The number of nitriles is 1. The highest BCUT2D eigenvalue weighted by atomic mass is 16.2. The number of amides is 1. The topological polar surface area (TPSA) is 47.3 Å². The Balaban J connectivity index is 2.45. The smallest absolute Gasteiger partial charge is 0.223 e. The Morgan fingerprint density at radius 2 is 1.83 bits per heavy atom. The SMILES string of the molecule is CCC(C#N)N1CCN(C(=O)CC(C)(C)C)CC1. The molecule has 1 amide bonds. The minimum absolute atomic E-state index is 0.00451. The average Bonchev–Trinajstić information content (AvgIpc) is 2.29. The Kier molecular flexibility index (Phi) is 5.15. The van der Waals surface area contributed by atoms with Crippen LogP contribution in [-0.4, -0.2) is 47.9 Å². The van der Waals surface area contributed by atoms with Crippen LogP contribution in [0.2, 0.25) is 0 Å². The number of hydrogen-bond acceptors (Lipinski definition) is 3. The van der Waals surface area contributed by atoms with Gasteiger partial charge in [-0.25, -0.2) is 0 Å². The molecule has 0 aromatic rings. The Bertz CT molecular complexity index is 319. The zero-order valence-electron chi connectivity index (χ0n) is 12.1. The van der Waals surface area contributed by atoms with Gasteiger partial charge in [0.05, 0.1) is 12.1 Å². The molecular weight excluding hydrogens is 226 g/mol. The van der Waals surface area contributed by atoms with Gasteiger partial charge in [0.2, 0.25) is 5.91 Å². The highest BCUT2D eigenvalue weighted by molar-refractivity contribution is 5.76. The van der Waals surface area contributed by atoms with E-state index in [0.717, 1.165) is 32.6 Å². The number of carbonyl (C=O) groups excluding carboxylic acids is 1. The third-order valence-electron chi connectivity index (χ3n) is 3.33. The molecule has 0 spiro atoms. The number of piperazine rings is 1. The fourth-order valence-electron chi connectivity index (χ4n) is 2.28. The molecule has 0 aromatic heterocycles. The lowest BCUT2D eigenvalue weighted by Crippen LogP contribution is -2.52. The van der Waals surface area contributed by atoms with Crippen molar-refractivity contribution >= 4 is 5.91 Å². The fourth-order valence-corrected chi connectivity index (χ4v) is 2.28. The third kappa shape index (κ3) is 4.30. The largest absolute Gasteiger partial charge is 0.340 e. The molecule has 0 N–H and O–H groups in total. The van der Waals surface area contributed by atoms with Crippen molar-refractivity contribution in [2.24, 2.45) is 5.41 Å². The van der Waals surface area contributed by atoms with Crippen LogP contribution in [0.3, 0.4) is 0 Å². The number of carbonyl (C=O) groups is 1. The van der Waals surface area contributed by atoms with Crippen molar-refractivity contribution in [3.63, 3.8) is 0 Å². The van der Waals surface area contributed by atoms with E-state index in [1.54, 1.807) is 0 Å². The van der Waals surface area contributed by atoms with Crippen LogP contribution >= 0.6 is 0 Å². The summed E-state index contributed by atoms with van der Waals surface area (Å²) in [5, 5.41) is 9.03. The first-order chi connectivity index (χ1) is 8.37. The van der Waals surface area contributed by atoms with Crippen molar-refractivity contribution in [1.82, 2.24) is 9.80 Å². The summed E-state index contributed by atoms with van der Waals surface area (Å²) in [6.45, 7) is 11.5. The van der Waals surface area contributed by atoms with Gasteiger partial charge in [-0.15, -0.1) is 0 Å². The Hall–Kier alpha value is -1.08. The summed E-state index contributed by atoms with van der Waals surface area (Å²) in [5.41, 5.74) is 0.0484. The zero-order chi connectivity index (χ0) is 13.8. The van der Waals surface area contributed by atoms with E-state index >= 15 is 0 Å². The van der Waals surface area contributed by atoms with E-state index in [9.17, 15) is 4.79 Å². The minimum Gasteiger partial charge on any atom is -0.340 e. The second kappa shape index (κ2) is 6.19. The summed E-state index contributed by atoms with van der Waals surface area (Å²) in [7, 11) is 0. The van der Waals surface area contributed by atoms with Gasteiger partial charge in [-0.3, -0.25) is 9.69 Å². The van der Waals surface area contributed by atoms with Crippen LogP contribution in [0, 0.1) is 16.7 Å². The van der Waals surface area contributed by atoms with E-state index in [1.807, 2.05) is 11.8 Å². The summed E-state index contributed by atoms with van der Waals surface area (Å²) in [6.07, 6.45) is 1.45. The van der Waals surface area contributed by atoms with Crippen molar-refractivity contribution in [2.45, 2.75) is 46.6 Å². The van der Waals surface area contributed by atoms with Gasteiger partial charge in [0.1, 0.15) is 0 Å². The summed E-state index contributed by atoms with van der Waals surface area (Å²) in [5.74, 6) is 0.243. The van der Waals surface area contributed by atoms with Gasteiger partial charge in [0.15, 0.2) is 0 Å². The summed E-state index contributed by atoms with van der Waals surface area (Å²) < 4.78 is 0. The standard InChI is InChI=1S/C14H25N3O/c1-5-12(11-15)16-6-8-17(9-7-16)13(18)10-14(2,3)4/h12H,5-10H2,1-4H3. The minimum atomic E-state index is 0.00451. The number of hydrogen-bond donors (Lipinski definition) is 0. The maximum Gasteiger partial charge on any atom is 0.223 e. The van der Waals surface area contributed by atoms with Crippen molar-refractivity contribution < 1.29 is 4.79 Å². The van der Waals surface area contributed by atoms with Crippen LogP contribution < -0.4 is 0 Å². The molecule has 0 bridgehead atoms. The quantitative estimate of drug-likeness (QED) is 0.769. The molecule has 0 saturated carbocycles. The maximum atomic E-state index is 12.1. The molecule has 1 aliphatic rings. The highest BCUT2D eigenvalue weighted by Gasteiger charge is 2.27. The highest BCUT2D eigenvalue weighted by Crippen LogP contribution is 2.20. The molecule has 1 saturated heterocycles. The summed E-state index contributed by atoms with van der Waals surface area (Å²) in [6, 6.07) is 2.33. The van der Waals surface area contributed by atoms with Crippen molar-refractivity contribution in [2.75, 3.05) is 26.2 Å². The lowest BCUT2D eigenvalue weighted by molar-refractivity contribution is -0.135. The molecule has 1 rings (SSSR count). The molecule has 1 atom stereocenters. The summed E-state index contributed by atoms with van der Waals surface area (Å²) >= 11 is 0. The van der Waals surface area contributed by atoms with Gasteiger partial charge < -0.3 is 4.90 Å². The van der Waals surface area contributed by atoms with E-state index < -0.39 is 0 Å². The molecule has 4 nitrogen and oxygen atoms in total. The molecule has 102 valence electrons. The van der Waals surface area contributed by atoms with Crippen LogP contribution in [0.4, 0.5) is 0 Å². The first-order valence-corrected chi connectivity index (χ1v) is 6.79. The Labute approximate surface area is 111 Å². The Morgan fingerprint density at radius 1 is 1.28 bits per heavy atom. The van der Waals surface area contributed by atoms with E-state index in [1.165, 1.54) is 0 Å². The van der Waals surface area contributed by atoms with Gasteiger partial charge in [-0.1, -0.05) is 27.7 Å². The molecule has 18 heavy (non-hydrogen) atoms. The van der Waals surface area contributed by atoms with Crippen molar-refractivity contribution in [3.8, 4) is 6.07 Å². The van der Waals surface area contributed by atoms with Gasteiger partial charge in [-0.2, -0.15) is 5.26 Å². The predicted molar refractivity (Wildman–Crippen MR) is 71.9 cm³/mol. The third-order valence-corrected chi connectivity index (χ3v) is 3.33. The van der Waals surface area contributed by atoms with Crippen LogP contribution in [0.5, 0.6) is 0 Å². The molecule has 1 aliphatic heterocycles. The van der Waals surface area contributed by atoms with Crippen LogP contribution in [0.25, 0.3) is 0 Å². The molecule has 4 heteroatoms. The fraction of sp³-hybridized carbons (Fsp3) is 0.857. The van der Waals surface area contributed by atoms with Crippen molar-refractivity contribution in [1.29, 1.82) is 5.26 Å². The van der Waals surface area contributed by atoms with Gasteiger partial charge in [0, 0.05) is 32.6 Å². The van der Waals surface area contributed by atoms with Gasteiger partial charge >= 0.3 is 0 Å². The summed E-state index contributed by atoms with van der Waals surface area (Å²) in [4.78, 5) is 16.2. The lowest BCUT2D eigenvalue weighted by atomic mass is 9.91. The number of nitrogens with zero attached hydrogens (tertiary/aromatic N) is 3. The molecule has 0 aromatic carbocycles. The molecule has 1 unspecified atom stereocenters. The number of rotatable bonds is 3. The van der Waals surface area contributed by atoms with E-state index in [-0.39, 0.29) is 17.4 Å². The van der Waals surface area contributed by atoms with E-state index in [0.29, 0.717) is 6.42 Å². The molecule has 1 fully saturated rings. The first kappa shape index (κ1) is 15.0. The predicted octanol–water partition coefficient (Wildman–Crippen LogP) is 1.87. The Morgan fingerprint density at radius 3 is 2.22 bits per heavy atom. The average molecular weight is 251 g/mol. The van der Waals surface area contributed by atoms with Gasteiger partial charge in [-0.05, 0) is 11.8 Å². The second-order valence-corrected chi connectivity index (χ2v) is 6.21. The van der Waals surface area contributed by atoms with Crippen molar-refractivity contribution in [3.05, 3.63) is 0 Å². The maximum absolute atomic E-state index is 12.1. The monoisotopic (exact) mass is 251 g/mol. The van der Waals surface area contributed by atoms with E-state index in [2.05, 4.69) is 31.7 Å². The van der Waals surface area contributed by atoms with Crippen LogP contribution in [0.1, 0.15) is 40.5 Å². The van der Waals surface area contributed by atoms with Crippen LogP contribution in [-0.2, 0) is 4.79 Å². The van der Waals surface area contributed by atoms with E-state index in [4.69, 9.17) is 5.26 Å². The molecule has 1 heterocycles. The lowest BCUT2D eigenvalue weighted by Gasteiger charge is -2.37. The molecule has 0 radical (unpaired) electrons. The van der Waals surface area contributed by atoms with Crippen LogP contribution in [0.15, 0.2) is 0 Å². The molecular formula is C14H25N3O. The first-order valence-electron chi connectivity index (χ1n) is 6.79. The normalized spacial score (nSPS) is 19.4. The second-order valence-electron chi connectivity index (χ2n) is 6.21. The molecule has 0 aliphatic carbocycles. The zero-order valence-corrected chi connectivity index (χ0v) is 12.1. The van der Waals surface area contributed by atoms with Gasteiger partial charge in [0.25, 0.3) is 0 Å².